The van der Waals surface area contributed by atoms with Crippen molar-refractivity contribution >= 4 is 26.5 Å². The number of anilines is 1. The first-order chi connectivity index (χ1) is 10.00. The highest BCUT2D eigenvalue weighted by Gasteiger charge is 2.20. The van der Waals surface area contributed by atoms with E-state index < -0.39 is 10.0 Å². The largest absolute Gasteiger partial charge is 0.349 e. The molecule has 0 aromatic carbocycles. The molecule has 2 heterocycles. The first-order valence-corrected chi connectivity index (χ1v) is 9.04. The summed E-state index contributed by atoms with van der Waals surface area (Å²) in [7, 11) is -3.66. The first-order valence-electron chi connectivity index (χ1n) is 6.74. The van der Waals surface area contributed by atoms with Crippen LogP contribution in [0.5, 0.6) is 0 Å². The molecule has 0 bridgehead atoms. The second-order valence-electron chi connectivity index (χ2n) is 4.52. The van der Waals surface area contributed by atoms with E-state index in [9.17, 15) is 8.42 Å². The highest BCUT2D eigenvalue weighted by molar-refractivity contribution is 7.93. The molecule has 0 spiro atoms. The monoisotopic (exact) mass is 329 g/mol. The molecule has 3 N–H and O–H groups in total. The summed E-state index contributed by atoms with van der Waals surface area (Å²) < 4.78 is 29.0. The zero-order valence-electron chi connectivity index (χ0n) is 12.0. The van der Waals surface area contributed by atoms with Crippen molar-refractivity contribution in [2.24, 2.45) is 5.73 Å². The third kappa shape index (κ3) is 3.60. The number of nitrogens with zero attached hydrogens (tertiary/aromatic N) is 3. The predicted octanol–water partition coefficient (Wildman–Crippen LogP) is 1.57. The average molecular weight is 329 g/mol. The van der Waals surface area contributed by atoms with Gasteiger partial charge in [-0.05, 0) is 18.9 Å². The number of nitrogens with one attached hydrogen (secondary N) is 1. The Kier molecular flexibility index (Phi) is 4.96. The highest BCUT2D eigenvalue weighted by Crippen LogP contribution is 2.21. The van der Waals surface area contributed by atoms with Gasteiger partial charge in [-0.2, -0.15) is 0 Å². The van der Waals surface area contributed by atoms with E-state index in [0.717, 1.165) is 30.1 Å². The third-order valence-corrected chi connectivity index (χ3v) is 5.35. The molecule has 7 nitrogen and oxygen atoms in total. The molecular weight excluding hydrogens is 310 g/mol. The van der Waals surface area contributed by atoms with E-state index in [1.54, 1.807) is 12.3 Å². The summed E-state index contributed by atoms with van der Waals surface area (Å²) in [6, 6.07) is 1.60. The number of aromatic nitrogens is 3. The Hall–Kier alpha value is -1.45. The predicted molar refractivity (Wildman–Crippen MR) is 82.7 cm³/mol. The Bertz CT molecular complexity index is 705. The molecule has 0 unspecified atom stereocenters. The van der Waals surface area contributed by atoms with Gasteiger partial charge in [0.1, 0.15) is 9.90 Å². The van der Waals surface area contributed by atoms with E-state index in [1.807, 2.05) is 18.4 Å². The Morgan fingerprint density at radius 2 is 2.14 bits per heavy atom. The lowest BCUT2D eigenvalue weighted by molar-refractivity contribution is 0.599. The zero-order chi connectivity index (χ0) is 15.5. The Morgan fingerprint density at radius 3 is 2.71 bits per heavy atom. The quantitative estimate of drug-likeness (QED) is 0.802. The van der Waals surface area contributed by atoms with E-state index in [4.69, 9.17) is 5.73 Å². The summed E-state index contributed by atoms with van der Waals surface area (Å²) >= 11 is 1.24. The van der Waals surface area contributed by atoms with Crippen molar-refractivity contribution in [2.75, 3.05) is 4.72 Å². The van der Waals surface area contributed by atoms with Crippen LogP contribution in [0.1, 0.15) is 31.0 Å². The maximum Gasteiger partial charge on any atom is 0.265 e. The molecule has 0 amide bonds. The molecule has 0 aliphatic rings. The van der Waals surface area contributed by atoms with Gasteiger partial charge in [-0.25, -0.2) is 8.42 Å². The average Bonchev–Trinajstić information content (AvgIpc) is 3.05. The molecule has 2 aromatic heterocycles. The van der Waals surface area contributed by atoms with Crippen molar-refractivity contribution in [2.45, 2.75) is 44.7 Å². The van der Waals surface area contributed by atoms with Gasteiger partial charge < -0.3 is 10.3 Å². The number of sulfonamides is 1. The van der Waals surface area contributed by atoms with Crippen molar-refractivity contribution in [3.63, 3.8) is 0 Å². The van der Waals surface area contributed by atoms with Crippen molar-refractivity contribution in [1.29, 1.82) is 0 Å². The topological polar surface area (TPSA) is 103 Å². The maximum atomic E-state index is 12.4. The number of aryl methyl sites for hydroxylation is 2. The molecular formula is C12H19N5O2S2. The van der Waals surface area contributed by atoms with Crippen LogP contribution in [0, 0.1) is 0 Å². The lowest BCUT2D eigenvalue weighted by atomic mass is 10.4. The summed E-state index contributed by atoms with van der Waals surface area (Å²) in [6.07, 6.45) is 3.24. The van der Waals surface area contributed by atoms with Crippen LogP contribution in [0.25, 0.3) is 0 Å². The maximum absolute atomic E-state index is 12.4. The van der Waals surface area contributed by atoms with Crippen LogP contribution < -0.4 is 10.5 Å². The smallest absolute Gasteiger partial charge is 0.265 e. The van der Waals surface area contributed by atoms with Gasteiger partial charge in [0.15, 0.2) is 0 Å². The Labute approximate surface area is 128 Å². The molecule has 0 aliphatic heterocycles. The lowest BCUT2D eigenvalue weighted by Gasteiger charge is -2.04. The van der Waals surface area contributed by atoms with Gasteiger partial charge in [0.05, 0.1) is 0 Å². The van der Waals surface area contributed by atoms with Crippen LogP contribution in [0.15, 0.2) is 17.2 Å². The van der Waals surface area contributed by atoms with Crippen LogP contribution >= 0.6 is 11.3 Å². The van der Waals surface area contributed by atoms with E-state index in [2.05, 4.69) is 14.9 Å². The van der Waals surface area contributed by atoms with Gasteiger partial charge in [0, 0.05) is 25.0 Å². The first kappa shape index (κ1) is 15.9. The van der Waals surface area contributed by atoms with E-state index in [-0.39, 0.29) is 10.0 Å². The van der Waals surface area contributed by atoms with Gasteiger partial charge in [-0.1, -0.05) is 25.2 Å². The molecule has 116 valence electrons. The van der Waals surface area contributed by atoms with Crippen molar-refractivity contribution in [1.82, 2.24) is 14.8 Å². The molecule has 0 aliphatic carbocycles. The second kappa shape index (κ2) is 6.54. The van der Waals surface area contributed by atoms with Crippen LogP contribution in [-0.2, 0) is 29.5 Å². The molecule has 2 aromatic rings. The molecule has 9 heteroatoms. The molecule has 0 saturated heterocycles. The SMILES string of the molecule is CCCn1cc(S(=O)(=O)Nc2nnc(CC)s2)cc1CN. The van der Waals surface area contributed by atoms with E-state index in [1.165, 1.54) is 11.3 Å². The molecule has 2 rings (SSSR count). The fourth-order valence-electron chi connectivity index (χ4n) is 1.90. The molecule has 21 heavy (non-hydrogen) atoms. The van der Waals surface area contributed by atoms with Crippen LogP contribution in [0.3, 0.4) is 0 Å². The summed E-state index contributed by atoms with van der Waals surface area (Å²) in [5.74, 6) is 0. The van der Waals surface area contributed by atoms with Crippen LogP contribution in [0.2, 0.25) is 0 Å². The zero-order valence-corrected chi connectivity index (χ0v) is 13.7. The van der Waals surface area contributed by atoms with Gasteiger partial charge in [-0.15, -0.1) is 10.2 Å². The highest BCUT2D eigenvalue weighted by atomic mass is 32.2. The van der Waals surface area contributed by atoms with Crippen LogP contribution in [-0.4, -0.2) is 23.2 Å². The lowest BCUT2D eigenvalue weighted by Crippen LogP contribution is -2.12. The third-order valence-electron chi connectivity index (χ3n) is 2.94. The van der Waals surface area contributed by atoms with Crippen molar-refractivity contribution < 1.29 is 8.42 Å². The summed E-state index contributed by atoms with van der Waals surface area (Å²) in [6.45, 7) is 5.01. The van der Waals surface area contributed by atoms with Crippen molar-refractivity contribution in [3.05, 3.63) is 23.0 Å². The van der Waals surface area contributed by atoms with Gasteiger partial charge in [-0.3, -0.25) is 4.72 Å². The summed E-state index contributed by atoms with van der Waals surface area (Å²) in [4.78, 5) is 0.199. The standard InChI is InChI=1S/C12H19N5O2S2/c1-3-5-17-8-10(6-9(17)7-13)21(18,19)16-12-15-14-11(4-2)20-12/h6,8H,3-5,7,13H2,1-2H3,(H,15,16). The second-order valence-corrected chi connectivity index (χ2v) is 7.27. The molecule has 0 fully saturated rings. The summed E-state index contributed by atoms with van der Waals surface area (Å²) in [5.41, 5.74) is 6.45. The van der Waals surface area contributed by atoms with E-state index >= 15 is 0 Å². The van der Waals surface area contributed by atoms with Crippen LogP contribution in [0.4, 0.5) is 5.13 Å². The van der Waals surface area contributed by atoms with Crippen molar-refractivity contribution in [3.8, 4) is 0 Å². The minimum absolute atomic E-state index is 0.199. The normalized spacial score (nSPS) is 11.8. The van der Waals surface area contributed by atoms with E-state index in [0.29, 0.717) is 6.54 Å². The molecule has 0 radical (unpaired) electrons. The Morgan fingerprint density at radius 1 is 1.38 bits per heavy atom. The number of hydrogen-bond acceptors (Lipinski definition) is 6. The minimum atomic E-state index is -3.66. The number of nitrogens with two attached hydrogens (primary N) is 1. The summed E-state index contributed by atoms with van der Waals surface area (Å²) in [5, 5.41) is 8.80. The fraction of sp³-hybridized carbons (Fsp3) is 0.500. The Balaban J connectivity index is 2.26. The molecule has 0 saturated carbocycles. The number of rotatable bonds is 7. The van der Waals surface area contributed by atoms with Gasteiger partial charge in [0.2, 0.25) is 5.13 Å². The fourth-order valence-corrected chi connectivity index (χ4v) is 3.88. The van der Waals surface area contributed by atoms with Gasteiger partial charge >= 0.3 is 0 Å². The molecule has 0 atom stereocenters. The number of hydrogen-bond donors (Lipinski definition) is 2. The van der Waals surface area contributed by atoms with Gasteiger partial charge in [0.25, 0.3) is 10.0 Å². The minimum Gasteiger partial charge on any atom is -0.349 e.